The fraction of sp³-hybridized carbons (Fsp3) is 0.0625. The van der Waals surface area contributed by atoms with Crippen molar-refractivity contribution in [2.75, 3.05) is 17.1 Å². The van der Waals surface area contributed by atoms with Crippen molar-refractivity contribution in [3.05, 3.63) is 54.5 Å². The Kier molecular flexibility index (Phi) is 4.59. The first-order valence-electron chi connectivity index (χ1n) is 6.92. The molecule has 0 saturated carbocycles. The fourth-order valence-corrected chi connectivity index (χ4v) is 2.63. The number of fused-ring (bicyclic) bond motifs is 1. The van der Waals surface area contributed by atoms with E-state index in [9.17, 15) is 13.2 Å². The first-order valence-corrected chi connectivity index (χ1v) is 8.00. The van der Waals surface area contributed by atoms with E-state index in [4.69, 9.17) is 4.74 Å². The predicted octanol–water partition coefficient (Wildman–Crippen LogP) is 3.33. The molecule has 1 unspecified atom stereocenters. The third kappa shape index (κ3) is 3.29. The van der Waals surface area contributed by atoms with Gasteiger partial charge in [0.25, 0.3) is 0 Å². The van der Waals surface area contributed by atoms with Gasteiger partial charge in [-0.2, -0.15) is 0 Å². The van der Waals surface area contributed by atoms with Gasteiger partial charge >= 0.3 is 0 Å². The lowest BCUT2D eigenvalue weighted by Crippen LogP contribution is -2.02. The SMILES string of the molecule is COc1ccc2c(Nc3ccc(NS(=O)[O-])cc3)ccnc2c1F. The molecule has 2 aromatic carbocycles. The quantitative estimate of drug-likeness (QED) is 0.692. The second-order valence-corrected chi connectivity index (χ2v) is 5.55. The molecule has 1 atom stereocenters. The summed E-state index contributed by atoms with van der Waals surface area (Å²) in [5.41, 5.74) is 2.05. The molecule has 0 spiro atoms. The number of halogens is 1. The van der Waals surface area contributed by atoms with Crippen LogP contribution in [0.1, 0.15) is 0 Å². The van der Waals surface area contributed by atoms with Crippen LogP contribution in [0.25, 0.3) is 10.9 Å². The summed E-state index contributed by atoms with van der Waals surface area (Å²) in [6, 6.07) is 11.6. The monoisotopic (exact) mass is 346 g/mol. The van der Waals surface area contributed by atoms with Gasteiger partial charge < -0.3 is 19.3 Å². The number of methoxy groups -OCH3 is 1. The van der Waals surface area contributed by atoms with Gasteiger partial charge in [-0.1, -0.05) is 0 Å². The van der Waals surface area contributed by atoms with Crippen molar-refractivity contribution >= 4 is 39.2 Å². The van der Waals surface area contributed by atoms with Crippen molar-refractivity contribution in [2.24, 2.45) is 0 Å². The van der Waals surface area contributed by atoms with Crippen molar-refractivity contribution in [1.82, 2.24) is 4.98 Å². The number of pyridine rings is 1. The molecule has 124 valence electrons. The summed E-state index contributed by atoms with van der Waals surface area (Å²) in [5.74, 6) is -0.385. The highest BCUT2D eigenvalue weighted by atomic mass is 32.2. The van der Waals surface area contributed by atoms with E-state index in [1.807, 2.05) is 0 Å². The number of rotatable bonds is 5. The number of nitrogens with one attached hydrogen (secondary N) is 2. The lowest BCUT2D eigenvalue weighted by atomic mass is 10.1. The van der Waals surface area contributed by atoms with Crippen LogP contribution >= 0.6 is 0 Å². The maximum absolute atomic E-state index is 14.3. The Labute approximate surface area is 140 Å². The van der Waals surface area contributed by atoms with Gasteiger partial charge in [-0.05, 0) is 42.5 Å². The Bertz CT molecular complexity index is 903. The molecule has 0 radical (unpaired) electrons. The van der Waals surface area contributed by atoms with E-state index in [-0.39, 0.29) is 11.3 Å². The van der Waals surface area contributed by atoms with Crippen molar-refractivity contribution in [3.8, 4) is 5.75 Å². The van der Waals surface area contributed by atoms with Gasteiger partial charge in [0.1, 0.15) is 5.52 Å². The normalized spacial score (nSPS) is 12.0. The first kappa shape index (κ1) is 16.2. The van der Waals surface area contributed by atoms with Crippen molar-refractivity contribution in [1.29, 1.82) is 0 Å². The van der Waals surface area contributed by atoms with Gasteiger partial charge in [0.15, 0.2) is 11.6 Å². The maximum Gasteiger partial charge on any atom is 0.191 e. The molecule has 6 nitrogen and oxygen atoms in total. The summed E-state index contributed by atoms with van der Waals surface area (Å²) < 4.78 is 42.7. The lowest BCUT2D eigenvalue weighted by molar-refractivity contribution is 0.388. The largest absolute Gasteiger partial charge is 0.755 e. The molecular weight excluding hydrogens is 333 g/mol. The number of ether oxygens (including phenoxy) is 1. The Morgan fingerprint density at radius 1 is 1.12 bits per heavy atom. The highest BCUT2D eigenvalue weighted by Gasteiger charge is 2.11. The molecule has 3 rings (SSSR count). The lowest BCUT2D eigenvalue weighted by Gasteiger charge is -2.12. The van der Waals surface area contributed by atoms with E-state index in [0.717, 1.165) is 5.69 Å². The van der Waals surface area contributed by atoms with E-state index in [2.05, 4.69) is 15.0 Å². The molecule has 0 aliphatic rings. The summed E-state index contributed by atoms with van der Waals surface area (Å²) in [6.45, 7) is 0. The molecule has 24 heavy (non-hydrogen) atoms. The summed E-state index contributed by atoms with van der Waals surface area (Å²) in [7, 11) is 1.40. The van der Waals surface area contributed by atoms with Crippen LogP contribution in [0, 0.1) is 5.82 Å². The number of hydrogen-bond donors (Lipinski definition) is 2. The summed E-state index contributed by atoms with van der Waals surface area (Å²) in [4.78, 5) is 4.06. The number of aromatic nitrogens is 1. The second-order valence-electron chi connectivity index (χ2n) is 4.88. The van der Waals surface area contributed by atoms with Crippen LogP contribution in [0.4, 0.5) is 21.5 Å². The molecule has 2 N–H and O–H groups in total. The van der Waals surface area contributed by atoms with Crippen LogP contribution in [0.3, 0.4) is 0 Å². The van der Waals surface area contributed by atoms with Gasteiger partial charge in [-0.3, -0.25) is 9.19 Å². The van der Waals surface area contributed by atoms with Crippen LogP contribution in [0.2, 0.25) is 0 Å². The summed E-state index contributed by atoms with van der Waals surface area (Å²) in [6.07, 6.45) is 1.50. The van der Waals surface area contributed by atoms with Crippen LogP contribution in [0.5, 0.6) is 5.75 Å². The van der Waals surface area contributed by atoms with Crippen LogP contribution in [0.15, 0.2) is 48.7 Å². The van der Waals surface area contributed by atoms with E-state index < -0.39 is 17.1 Å². The average Bonchev–Trinajstić information content (AvgIpc) is 2.57. The molecule has 3 aromatic rings. The van der Waals surface area contributed by atoms with Gasteiger partial charge in [0.2, 0.25) is 0 Å². The minimum atomic E-state index is -2.37. The molecule has 0 aliphatic carbocycles. The predicted molar refractivity (Wildman–Crippen MR) is 90.5 cm³/mol. The summed E-state index contributed by atoms with van der Waals surface area (Å²) >= 11 is -2.37. The molecular formula is C16H13FN3O3S-. The van der Waals surface area contributed by atoms with E-state index in [1.165, 1.54) is 13.3 Å². The van der Waals surface area contributed by atoms with Gasteiger partial charge in [0, 0.05) is 39.9 Å². The summed E-state index contributed by atoms with van der Waals surface area (Å²) in [5, 5.41) is 3.77. The third-order valence-electron chi connectivity index (χ3n) is 3.40. The highest BCUT2D eigenvalue weighted by molar-refractivity contribution is 7.80. The average molecular weight is 346 g/mol. The Balaban J connectivity index is 1.93. The Hall–Kier alpha value is -2.71. The zero-order chi connectivity index (χ0) is 17.1. The van der Waals surface area contributed by atoms with Crippen LogP contribution in [-0.4, -0.2) is 20.9 Å². The number of anilines is 3. The van der Waals surface area contributed by atoms with Gasteiger partial charge in [0.05, 0.1) is 7.11 Å². The van der Waals surface area contributed by atoms with E-state index in [1.54, 1.807) is 42.5 Å². The molecule has 1 aromatic heterocycles. The maximum atomic E-state index is 14.3. The fourth-order valence-electron chi connectivity index (χ4n) is 2.31. The van der Waals surface area contributed by atoms with Crippen molar-refractivity contribution in [3.63, 3.8) is 0 Å². The third-order valence-corrected chi connectivity index (χ3v) is 3.80. The Morgan fingerprint density at radius 3 is 2.50 bits per heavy atom. The number of nitrogens with zero attached hydrogens (tertiary/aromatic N) is 1. The van der Waals surface area contributed by atoms with Gasteiger partial charge in [-0.25, -0.2) is 4.39 Å². The first-order chi connectivity index (χ1) is 11.6. The smallest absolute Gasteiger partial charge is 0.191 e. The zero-order valence-corrected chi connectivity index (χ0v) is 13.4. The second kappa shape index (κ2) is 6.81. The van der Waals surface area contributed by atoms with Crippen molar-refractivity contribution in [2.45, 2.75) is 0 Å². The van der Waals surface area contributed by atoms with Crippen molar-refractivity contribution < 1.29 is 17.9 Å². The zero-order valence-electron chi connectivity index (χ0n) is 12.6. The van der Waals surface area contributed by atoms with E-state index in [0.29, 0.717) is 16.8 Å². The molecule has 0 bridgehead atoms. The molecule has 0 saturated heterocycles. The molecule has 8 heteroatoms. The minimum absolute atomic E-state index is 0.133. The van der Waals surface area contributed by atoms with Crippen LogP contribution < -0.4 is 14.8 Å². The van der Waals surface area contributed by atoms with Crippen LogP contribution in [-0.2, 0) is 11.3 Å². The number of benzene rings is 2. The van der Waals surface area contributed by atoms with E-state index >= 15 is 0 Å². The molecule has 0 aliphatic heterocycles. The topological polar surface area (TPSA) is 86.3 Å². The Morgan fingerprint density at radius 2 is 1.83 bits per heavy atom. The molecule has 1 heterocycles. The molecule has 0 fully saturated rings. The highest BCUT2D eigenvalue weighted by Crippen LogP contribution is 2.31. The minimum Gasteiger partial charge on any atom is -0.755 e. The van der Waals surface area contributed by atoms with Gasteiger partial charge in [-0.15, -0.1) is 0 Å². The standard InChI is InChI=1S/C16H14FN3O3S/c1-23-14-7-6-12-13(8-9-18-16(12)15(14)17)19-10-2-4-11(5-3-10)20-24(21)22/h2-9,20H,1H3,(H,18,19)(H,21,22)/p-1. The number of hydrogen-bond acceptors (Lipinski definition) is 5. The molecule has 0 amide bonds.